The molecule has 0 spiro atoms. The average molecular weight is 463 g/mol. The number of aryl methyl sites for hydroxylation is 1. The van der Waals surface area contributed by atoms with Crippen LogP contribution in [0.2, 0.25) is 0 Å². The van der Waals surface area contributed by atoms with Crippen molar-refractivity contribution in [3.8, 4) is 5.75 Å². The number of allylic oxidation sites excluding steroid dienone is 4. The average Bonchev–Trinajstić information content (AvgIpc) is 2.84. The summed E-state index contributed by atoms with van der Waals surface area (Å²) < 4.78 is 11.0. The molecule has 0 saturated heterocycles. The van der Waals surface area contributed by atoms with Crippen molar-refractivity contribution in [2.24, 2.45) is 0 Å². The zero-order valence-corrected chi connectivity index (χ0v) is 20.2. The number of carbonyl (C=O) groups excluding carboxylic acids is 2. The van der Waals surface area contributed by atoms with Crippen LogP contribution in [-0.2, 0) is 16.1 Å². The molecule has 1 atom stereocenters. The molecule has 0 saturated carbocycles. The number of hydrogen-bond acceptors (Lipinski definition) is 4. The topological polar surface area (TPSA) is 76.7 Å². The predicted molar refractivity (Wildman–Crippen MR) is 136 cm³/mol. The number of carbonyl (C=O) groups is 2. The van der Waals surface area contributed by atoms with Gasteiger partial charge in [0.1, 0.15) is 11.8 Å². The van der Waals surface area contributed by atoms with E-state index in [1.165, 1.54) is 0 Å². The maximum absolute atomic E-state index is 12.9. The summed E-state index contributed by atoms with van der Waals surface area (Å²) in [6.45, 7) is 8.55. The molecule has 0 radical (unpaired) electrons. The van der Waals surface area contributed by atoms with E-state index in [1.54, 1.807) is 25.3 Å². The van der Waals surface area contributed by atoms with Crippen molar-refractivity contribution in [3.05, 3.63) is 102 Å². The van der Waals surface area contributed by atoms with E-state index in [0.29, 0.717) is 30.9 Å². The van der Waals surface area contributed by atoms with E-state index in [2.05, 4.69) is 17.2 Å². The molecule has 1 unspecified atom stereocenters. The fraction of sp³-hybridized carbons (Fsp3) is 0.286. The van der Waals surface area contributed by atoms with E-state index in [4.69, 9.17) is 9.47 Å². The molecule has 2 rings (SSSR count). The molecular weight excluding hydrogens is 428 g/mol. The first-order chi connectivity index (χ1) is 16.4. The van der Waals surface area contributed by atoms with Gasteiger partial charge in [0.25, 0.3) is 5.91 Å². The SMILES string of the molecule is C=C(/C=C\C=C/C)CCNC(=O)C(COCc1ccccc1)NC(=O)c1ccc(OC)cc1C. The normalized spacial score (nSPS) is 12.0. The highest BCUT2D eigenvalue weighted by Gasteiger charge is 2.22. The zero-order chi connectivity index (χ0) is 24.8. The van der Waals surface area contributed by atoms with Gasteiger partial charge in [-0.15, -0.1) is 0 Å². The van der Waals surface area contributed by atoms with Gasteiger partial charge in [-0.3, -0.25) is 9.59 Å². The van der Waals surface area contributed by atoms with E-state index in [-0.39, 0.29) is 18.4 Å². The van der Waals surface area contributed by atoms with E-state index in [1.807, 2.05) is 68.5 Å². The first-order valence-corrected chi connectivity index (χ1v) is 11.3. The lowest BCUT2D eigenvalue weighted by molar-refractivity contribution is -0.124. The maximum atomic E-state index is 12.9. The Bertz CT molecular complexity index is 1010. The van der Waals surface area contributed by atoms with Gasteiger partial charge in [0.15, 0.2) is 0 Å². The van der Waals surface area contributed by atoms with Gasteiger partial charge in [-0.25, -0.2) is 0 Å². The molecule has 0 aliphatic carbocycles. The molecule has 0 aliphatic rings. The number of methoxy groups -OCH3 is 1. The van der Waals surface area contributed by atoms with Crippen LogP contribution in [0, 0.1) is 6.92 Å². The van der Waals surface area contributed by atoms with Crippen LogP contribution in [0.5, 0.6) is 5.75 Å². The quantitative estimate of drug-likeness (QED) is 0.429. The molecule has 2 aromatic rings. The second-order valence-corrected chi connectivity index (χ2v) is 7.79. The smallest absolute Gasteiger partial charge is 0.252 e. The van der Waals surface area contributed by atoms with Crippen molar-refractivity contribution >= 4 is 11.8 Å². The Balaban J connectivity index is 2.01. The maximum Gasteiger partial charge on any atom is 0.252 e. The molecule has 34 heavy (non-hydrogen) atoms. The third-order valence-electron chi connectivity index (χ3n) is 5.08. The number of benzene rings is 2. The van der Waals surface area contributed by atoms with Crippen LogP contribution in [-0.4, -0.2) is 38.1 Å². The fourth-order valence-electron chi connectivity index (χ4n) is 3.16. The minimum atomic E-state index is -0.843. The summed E-state index contributed by atoms with van der Waals surface area (Å²) in [7, 11) is 1.57. The molecule has 0 heterocycles. The third kappa shape index (κ3) is 9.08. The number of ether oxygens (including phenoxy) is 2. The molecule has 6 heteroatoms. The van der Waals surface area contributed by atoms with Crippen molar-refractivity contribution in [3.63, 3.8) is 0 Å². The summed E-state index contributed by atoms with van der Waals surface area (Å²) in [6.07, 6.45) is 8.25. The lowest BCUT2D eigenvalue weighted by Gasteiger charge is -2.19. The summed E-state index contributed by atoms with van der Waals surface area (Å²) in [5.41, 5.74) is 3.12. The second-order valence-electron chi connectivity index (χ2n) is 7.79. The highest BCUT2D eigenvalue weighted by Crippen LogP contribution is 2.17. The van der Waals surface area contributed by atoms with Crippen LogP contribution >= 0.6 is 0 Å². The summed E-state index contributed by atoms with van der Waals surface area (Å²) in [4.78, 5) is 25.8. The lowest BCUT2D eigenvalue weighted by Crippen LogP contribution is -2.49. The zero-order valence-electron chi connectivity index (χ0n) is 20.2. The highest BCUT2D eigenvalue weighted by atomic mass is 16.5. The molecule has 180 valence electrons. The second kappa shape index (κ2) is 14.5. The van der Waals surface area contributed by atoms with Gasteiger partial charge in [-0.1, -0.05) is 66.8 Å². The van der Waals surface area contributed by atoms with Gasteiger partial charge in [-0.05, 0) is 49.6 Å². The Morgan fingerprint density at radius 1 is 1.12 bits per heavy atom. The first-order valence-electron chi connectivity index (χ1n) is 11.3. The van der Waals surface area contributed by atoms with Gasteiger partial charge in [0.2, 0.25) is 5.91 Å². The van der Waals surface area contributed by atoms with Crippen molar-refractivity contribution in [2.75, 3.05) is 20.3 Å². The molecule has 0 fully saturated rings. The Kier molecular flexibility index (Phi) is 11.3. The van der Waals surface area contributed by atoms with Gasteiger partial charge in [0.05, 0.1) is 20.3 Å². The number of hydrogen-bond donors (Lipinski definition) is 2. The summed E-state index contributed by atoms with van der Waals surface area (Å²) in [5.74, 6) is 0.0124. The molecule has 2 amide bonds. The van der Waals surface area contributed by atoms with E-state index in [0.717, 1.165) is 16.7 Å². The number of rotatable bonds is 13. The minimum Gasteiger partial charge on any atom is -0.497 e. The van der Waals surface area contributed by atoms with Crippen molar-refractivity contribution in [2.45, 2.75) is 32.9 Å². The van der Waals surface area contributed by atoms with Crippen LogP contribution in [0.3, 0.4) is 0 Å². The van der Waals surface area contributed by atoms with Gasteiger partial charge >= 0.3 is 0 Å². The molecular formula is C28H34N2O4. The van der Waals surface area contributed by atoms with Crippen LogP contribution in [0.1, 0.15) is 34.8 Å². The molecule has 2 N–H and O–H groups in total. The van der Waals surface area contributed by atoms with E-state index >= 15 is 0 Å². The number of nitrogens with one attached hydrogen (secondary N) is 2. The Labute approximate surface area is 202 Å². The van der Waals surface area contributed by atoms with Crippen LogP contribution in [0.4, 0.5) is 0 Å². The van der Waals surface area contributed by atoms with Crippen LogP contribution in [0.25, 0.3) is 0 Å². The fourth-order valence-corrected chi connectivity index (χ4v) is 3.16. The molecule has 0 aromatic heterocycles. The predicted octanol–water partition coefficient (Wildman–Crippen LogP) is 4.51. The van der Waals surface area contributed by atoms with E-state index in [9.17, 15) is 9.59 Å². The molecule has 0 aliphatic heterocycles. The Hall–Kier alpha value is -3.64. The van der Waals surface area contributed by atoms with E-state index < -0.39 is 6.04 Å². The van der Waals surface area contributed by atoms with Crippen molar-refractivity contribution < 1.29 is 19.1 Å². The molecule has 2 aromatic carbocycles. The summed E-state index contributed by atoms with van der Waals surface area (Å²) in [5, 5.41) is 5.69. The highest BCUT2D eigenvalue weighted by molar-refractivity contribution is 5.98. The number of amides is 2. The Morgan fingerprint density at radius 3 is 2.56 bits per heavy atom. The standard InChI is InChI=1S/C28H34N2O4/c1-5-6-8-11-21(2)16-17-29-28(32)26(20-34-19-23-12-9-7-10-13-23)30-27(31)25-15-14-24(33-4)18-22(25)3/h5-15,18,26H,2,16-17,19-20H2,1,3-4H3,(H,29,32)(H,30,31)/b6-5-,11-8-. The van der Waals surface area contributed by atoms with Crippen LogP contribution < -0.4 is 15.4 Å². The van der Waals surface area contributed by atoms with Crippen molar-refractivity contribution in [1.82, 2.24) is 10.6 Å². The van der Waals surface area contributed by atoms with Crippen LogP contribution in [0.15, 0.2) is 85.0 Å². The first kappa shape index (κ1) is 26.6. The third-order valence-corrected chi connectivity index (χ3v) is 5.08. The monoisotopic (exact) mass is 462 g/mol. The van der Waals surface area contributed by atoms with Gasteiger partial charge < -0.3 is 20.1 Å². The molecule has 6 nitrogen and oxygen atoms in total. The van der Waals surface area contributed by atoms with Crippen molar-refractivity contribution in [1.29, 1.82) is 0 Å². The molecule has 0 bridgehead atoms. The van der Waals surface area contributed by atoms with Gasteiger partial charge in [0, 0.05) is 12.1 Å². The summed E-state index contributed by atoms with van der Waals surface area (Å²) >= 11 is 0. The largest absolute Gasteiger partial charge is 0.497 e. The Morgan fingerprint density at radius 2 is 1.88 bits per heavy atom. The lowest BCUT2D eigenvalue weighted by atomic mass is 10.1. The van der Waals surface area contributed by atoms with Gasteiger partial charge in [-0.2, -0.15) is 0 Å². The summed E-state index contributed by atoms with van der Waals surface area (Å²) in [6, 6.07) is 14.0. The minimum absolute atomic E-state index is 0.0455.